The van der Waals surface area contributed by atoms with E-state index in [1.807, 2.05) is 0 Å². The summed E-state index contributed by atoms with van der Waals surface area (Å²) in [6.07, 6.45) is 4.21. The lowest BCUT2D eigenvalue weighted by Gasteiger charge is -2.33. The largest absolute Gasteiger partial charge is 0.379 e. The minimum Gasteiger partial charge on any atom is -0.379 e. The van der Waals surface area contributed by atoms with Crippen molar-refractivity contribution in [3.8, 4) is 0 Å². The van der Waals surface area contributed by atoms with Crippen molar-refractivity contribution in [2.24, 2.45) is 5.92 Å². The van der Waals surface area contributed by atoms with Gasteiger partial charge in [-0.2, -0.15) is 0 Å². The first kappa shape index (κ1) is 8.52. The minimum absolute atomic E-state index is 0.727. The Morgan fingerprint density at radius 2 is 1.83 bits per heavy atom. The Labute approximate surface area is 74.9 Å². The SMILES string of the molecule is C[C@@H]1COCC1N1CCCCC1. The average Bonchev–Trinajstić information content (AvgIpc) is 2.53. The molecule has 1 unspecified atom stereocenters. The van der Waals surface area contributed by atoms with E-state index in [1.54, 1.807) is 0 Å². The van der Waals surface area contributed by atoms with Gasteiger partial charge in [-0.15, -0.1) is 0 Å². The summed E-state index contributed by atoms with van der Waals surface area (Å²) in [7, 11) is 0. The molecule has 2 aliphatic heterocycles. The van der Waals surface area contributed by atoms with Gasteiger partial charge in [0.2, 0.25) is 0 Å². The van der Waals surface area contributed by atoms with Crippen molar-refractivity contribution in [1.82, 2.24) is 4.90 Å². The molecule has 2 nitrogen and oxygen atoms in total. The van der Waals surface area contributed by atoms with Crippen LogP contribution in [0.15, 0.2) is 0 Å². The molecule has 2 fully saturated rings. The van der Waals surface area contributed by atoms with Gasteiger partial charge in [0.05, 0.1) is 13.2 Å². The smallest absolute Gasteiger partial charge is 0.0625 e. The number of hydrogen-bond acceptors (Lipinski definition) is 2. The third kappa shape index (κ3) is 1.64. The lowest BCUT2D eigenvalue weighted by atomic mass is 10.0. The Bertz CT molecular complexity index is 143. The number of likely N-dealkylation sites (tertiary alicyclic amines) is 1. The standard InChI is InChI=1S/C10H19NO/c1-9-7-12-8-10(9)11-5-3-2-4-6-11/h9-10H,2-8H2,1H3/t9-,10?/m1/s1. The molecule has 0 spiro atoms. The quantitative estimate of drug-likeness (QED) is 0.590. The van der Waals surface area contributed by atoms with E-state index in [4.69, 9.17) is 4.74 Å². The average molecular weight is 169 g/mol. The molecule has 70 valence electrons. The molecule has 2 atom stereocenters. The van der Waals surface area contributed by atoms with Gasteiger partial charge in [0.1, 0.15) is 0 Å². The molecule has 2 heteroatoms. The highest BCUT2D eigenvalue weighted by molar-refractivity contribution is 4.82. The third-order valence-corrected chi connectivity index (χ3v) is 3.19. The molecule has 0 aromatic heterocycles. The third-order valence-electron chi connectivity index (χ3n) is 3.19. The summed E-state index contributed by atoms with van der Waals surface area (Å²) in [6.45, 7) is 6.87. The molecule has 0 saturated carbocycles. The zero-order valence-corrected chi connectivity index (χ0v) is 7.96. The molecule has 0 aliphatic carbocycles. The van der Waals surface area contributed by atoms with Gasteiger partial charge in [-0.3, -0.25) is 4.90 Å². The zero-order chi connectivity index (χ0) is 8.39. The molecule has 0 aromatic rings. The zero-order valence-electron chi connectivity index (χ0n) is 7.96. The van der Waals surface area contributed by atoms with Crippen LogP contribution in [0.3, 0.4) is 0 Å². The summed E-state index contributed by atoms with van der Waals surface area (Å²) in [5.41, 5.74) is 0. The van der Waals surface area contributed by atoms with Gasteiger partial charge >= 0.3 is 0 Å². The molecule has 0 bridgehead atoms. The summed E-state index contributed by atoms with van der Waals surface area (Å²) >= 11 is 0. The molecular weight excluding hydrogens is 150 g/mol. The predicted octanol–water partition coefficient (Wildman–Crippen LogP) is 1.51. The molecule has 0 amide bonds. The monoisotopic (exact) mass is 169 g/mol. The van der Waals surface area contributed by atoms with Crippen molar-refractivity contribution in [2.45, 2.75) is 32.2 Å². The lowest BCUT2D eigenvalue weighted by molar-refractivity contribution is 0.123. The van der Waals surface area contributed by atoms with Crippen molar-refractivity contribution in [3.63, 3.8) is 0 Å². The van der Waals surface area contributed by atoms with Crippen LogP contribution in [0.25, 0.3) is 0 Å². The van der Waals surface area contributed by atoms with E-state index in [9.17, 15) is 0 Å². The van der Waals surface area contributed by atoms with Crippen molar-refractivity contribution in [1.29, 1.82) is 0 Å². The van der Waals surface area contributed by atoms with E-state index in [0.29, 0.717) is 0 Å². The fourth-order valence-electron chi connectivity index (χ4n) is 2.37. The summed E-state index contributed by atoms with van der Waals surface area (Å²) in [4.78, 5) is 2.63. The maximum atomic E-state index is 5.48. The maximum Gasteiger partial charge on any atom is 0.0625 e. The van der Waals surface area contributed by atoms with Gasteiger partial charge in [-0.1, -0.05) is 13.3 Å². The number of ether oxygens (including phenoxy) is 1. The number of hydrogen-bond donors (Lipinski definition) is 0. The first-order chi connectivity index (χ1) is 5.88. The van der Waals surface area contributed by atoms with Gasteiger partial charge in [-0.25, -0.2) is 0 Å². The first-order valence-corrected chi connectivity index (χ1v) is 5.20. The lowest BCUT2D eigenvalue weighted by Crippen LogP contribution is -2.42. The summed E-state index contributed by atoms with van der Waals surface area (Å²) in [5.74, 6) is 0.753. The van der Waals surface area contributed by atoms with Crippen molar-refractivity contribution < 1.29 is 4.74 Å². The highest BCUT2D eigenvalue weighted by atomic mass is 16.5. The van der Waals surface area contributed by atoms with Crippen LogP contribution in [-0.4, -0.2) is 37.2 Å². The topological polar surface area (TPSA) is 12.5 Å². The van der Waals surface area contributed by atoms with Crippen LogP contribution >= 0.6 is 0 Å². The van der Waals surface area contributed by atoms with Gasteiger partial charge in [0.25, 0.3) is 0 Å². The molecule has 12 heavy (non-hydrogen) atoms. The Morgan fingerprint density at radius 1 is 1.08 bits per heavy atom. The number of piperidine rings is 1. The van der Waals surface area contributed by atoms with Gasteiger partial charge < -0.3 is 4.74 Å². The van der Waals surface area contributed by atoms with E-state index in [2.05, 4.69) is 11.8 Å². The van der Waals surface area contributed by atoms with E-state index < -0.39 is 0 Å². The molecule has 2 heterocycles. The van der Waals surface area contributed by atoms with Crippen LogP contribution in [0.2, 0.25) is 0 Å². The van der Waals surface area contributed by atoms with Crippen LogP contribution in [0.1, 0.15) is 26.2 Å². The minimum atomic E-state index is 0.727. The van der Waals surface area contributed by atoms with Gasteiger partial charge in [0.15, 0.2) is 0 Å². The normalized spacial score (nSPS) is 38.8. The Kier molecular flexibility index (Phi) is 2.66. The molecule has 2 aliphatic rings. The Hall–Kier alpha value is -0.0800. The predicted molar refractivity (Wildman–Crippen MR) is 49.2 cm³/mol. The first-order valence-electron chi connectivity index (χ1n) is 5.20. The fourth-order valence-corrected chi connectivity index (χ4v) is 2.37. The van der Waals surface area contributed by atoms with E-state index in [1.165, 1.54) is 32.4 Å². The number of rotatable bonds is 1. The maximum absolute atomic E-state index is 5.48. The van der Waals surface area contributed by atoms with Crippen molar-refractivity contribution >= 4 is 0 Å². The molecular formula is C10H19NO. The number of nitrogens with zero attached hydrogens (tertiary/aromatic N) is 1. The van der Waals surface area contributed by atoms with E-state index >= 15 is 0 Å². The molecule has 2 saturated heterocycles. The van der Waals surface area contributed by atoms with Crippen LogP contribution < -0.4 is 0 Å². The van der Waals surface area contributed by atoms with Crippen LogP contribution in [0, 0.1) is 5.92 Å². The molecule has 0 N–H and O–H groups in total. The Balaban J connectivity index is 1.89. The van der Waals surface area contributed by atoms with E-state index in [0.717, 1.165) is 25.2 Å². The highest BCUT2D eigenvalue weighted by Crippen LogP contribution is 2.22. The van der Waals surface area contributed by atoms with Crippen molar-refractivity contribution in [3.05, 3.63) is 0 Å². The molecule has 0 aromatic carbocycles. The van der Waals surface area contributed by atoms with Crippen LogP contribution in [0.4, 0.5) is 0 Å². The molecule has 2 rings (SSSR count). The van der Waals surface area contributed by atoms with Gasteiger partial charge in [-0.05, 0) is 31.8 Å². The summed E-state index contributed by atoms with van der Waals surface area (Å²) in [6, 6.07) is 0.727. The summed E-state index contributed by atoms with van der Waals surface area (Å²) in [5, 5.41) is 0. The highest BCUT2D eigenvalue weighted by Gasteiger charge is 2.30. The van der Waals surface area contributed by atoms with Crippen molar-refractivity contribution in [2.75, 3.05) is 26.3 Å². The van der Waals surface area contributed by atoms with E-state index in [-0.39, 0.29) is 0 Å². The second-order valence-corrected chi connectivity index (χ2v) is 4.18. The molecule has 0 radical (unpaired) electrons. The second-order valence-electron chi connectivity index (χ2n) is 4.18. The van der Waals surface area contributed by atoms with Gasteiger partial charge in [0, 0.05) is 6.04 Å². The fraction of sp³-hybridized carbons (Fsp3) is 1.00. The Morgan fingerprint density at radius 3 is 2.42 bits per heavy atom. The second kappa shape index (κ2) is 3.75. The van der Waals surface area contributed by atoms with Crippen LogP contribution in [-0.2, 0) is 4.74 Å². The van der Waals surface area contributed by atoms with Crippen LogP contribution in [0.5, 0.6) is 0 Å². The summed E-state index contributed by atoms with van der Waals surface area (Å²) < 4.78 is 5.48.